The van der Waals surface area contributed by atoms with Gasteiger partial charge in [0.15, 0.2) is 15.0 Å². The van der Waals surface area contributed by atoms with Crippen molar-refractivity contribution in [2.45, 2.75) is 4.90 Å². The lowest BCUT2D eigenvalue weighted by molar-refractivity contribution is -0.128. The molecule has 1 aliphatic heterocycles. The van der Waals surface area contributed by atoms with Crippen LogP contribution in [0.3, 0.4) is 0 Å². The molecule has 158 valence electrons. The van der Waals surface area contributed by atoms with Crippen molar-refractivity contribution in [2.24, 2.45) is 0 Å². The van der Waals surface area contributed by atoms with Crippen molar-refractivity contribution in [1.82, 2.24) is 9.88 Å². The average molecular weight is 466 g/mol. The quantitative estimate of drug-likeness (QED) is 0.576. The molecule has 1 fully saturated rings. The first-order chi connectivity index (χ1) is 14.4. The van der Waals surface area contributed by atoms with Crippen LogP contribution in [-0.2, 0) is 14.6 Å². The van der Waals surface area contributed by atoms with E-state index in [9.17, 15) is 13.2 Å². The molecule has 1 amide bonds. The van der Waals surface area contributed by atoms with E-state index in [4.69, 9.17) is 21.3 Å². The summed E-state index contributed by atoms with van der Waals surface area (Å²) in [5.74, 6) is -0.209. The summed E-state index contributed by atoms with van der Waals surface area (Å²) >= 11 is 7.39. The van der Waals surface area contributed by atoms with Gasteiger partial charge in [-0.1, -0.05) is 29.0 Å². The summed E-state index contributed by atoms with van der Waals surface area (Å²) in [6, 6.07) is 11.7. The minimum Gasteiger partial charge on any atom is -0.494 e. The maximum absolute atomic E-state index is 12.6. The van der Waals surface area contributed by atoms with E-state index in [0.717, 1.165) is 21.1 Å². The number of piperazine rings is 1. The van der Waals surface area contributed by atoms with Gasteiger partial charge in [-0.25, -0.2) is 13.4 Å². The average Bonchev–Trinajstić information content (AvgIpc) is 3.18. The van der Waals surface area contributed by atoms with Gasteiger partial charge in [0.1, 0.15) is 17.0 Å². The summed E-state index contributed by atoms with van der Waals surface area (Å²) in [6.45, 7) is 2.08. The normalized spacial score (nSPS) is 14.9. The molecular formula is C20H20ClN3O4S2. The summed E-state index contributed by atoms with van der Waals surface area (Å²) in [7, 11) is -2.08. The summed E-state index contributed by atoms with van der Waals surface area (Å²) in [5.41, 5.74) is 0.826. The first-order valence-corrected chi connectivity index (χ1v) is 12.2. The van der Waals surface area contributed by atoms with Crippen molar-refractivity contribution in [3.05, 3.63) is 47.5 Å². The first kappa shape index (κ1) is 20.9. The van der Waals surface area contributed by atoms with Gasteiger partial charge in [0.2, 0.25) is 5.91 Å². The number of benzene rings is 2. The lowest BCUT2D eigenvalue weighted by atomic mass is 10.3. The third kappa shape index (κ3) is 4.23. The Bertz CT molecular complexity index is 1170. The van der Waals surface area contributed by atoms with Crippen LogP contribution in [0.25, 0.3) is 10.2 Å². The van der Waals surface area contributed by atoms with Crippen LogP contribution in [-0.4, -0.2) is 63.3 Å². The molecule has 10 heteroatoms. The van der Waals surface area contributed by atoms with E-state index in [1.807, 2.05) is 18.2 Å². The molecule has 0 unspecified atom stereocenters. The zero-order valence-electron chi connectivity index (χ0n) is 16.2. The number of nitrogens with zero attached hydrogens (tertiary/aromatic N) is 3. The van der Waals surface area contributed by atoms with E-state index in [1.54, 1.807) is 23.3 Å². The van der Waals surface area contributed by atoms with Gasteiger partial charge in [-0.15, -0.1) is 0 Å². The number of carbonyl (C=O) groups is 1. The predicted octanol–water partition coefficient (Wildman–Crippen LogP) is 3.08. The van der Waals surface area contributed by atoms with E-state index < -0.39 is 21.5 Å². The number of amides is 1. The van der Waals surface area contributed by atoms with E-state index in [2.05, 4.69) is 4.90 Å². The highest BCUT2D eigenvalue weighted by atomic mass is 35.5. The van der Waals surface area contributed by atoms with Gasteiger partial charge in [0.25, 0.3) is 0 Å². The fraction of sp³-hybridized carbons (Fsp3) is 0.300. The molecule has 3 aromatic rings. The second kappa shape index (κ2) is 8.41. The molecule has 2 aromatic carbocycles. The van der Waals surface area contributed by atoms with Crippen LogP contribution in [0.2, 0.25) is 5.02 Å². The summed E-state index contributed by atoms with van der Waals surface area (Å²) in [4.78, 5) is 21.1. The van der Waals surface area contributed by atoms with Crippen molar-refractivity contribution in [1.29, 1.82) is 0 Å². The molecule has 30 heavy (non-hydrogen) atoms. The zero-order valence-corrected chi connectivity index (χ0v) is 18.6. The smallest absolute Gasteiger partial charge is 0.238 e. The first-order valence-electron chi connectivity index (χ1n) is 9.32. The Morgan fingerprint density at radius 2 is 1.83 bits per heavy atom. The number of fused-ring (bicyclic) bond motifs is 1. The van der Waals surface area contributed by atoms with Crippen LogP contribution in [0.4, 0.5) is 5.13 Å². The molecule has 1 saturated heterocycles. The largest absolute Gasteiger partial charge is 0.494 e. The number of para-hydroxylation sites is 1. The van der Waals surface area contributed by atoms with Gasteiger partial charge in [-0.3, -0.25) is 4.79 Å². The highest BCUT2D eigenvalue weighted by Crippen LogP contribution is 2.34. The number of carbonyl (C=O) groups excluding carboxylic acids is 1. The van der Waals surface area contributed by atoms with Crippen LogP contribution >= 0.6 is 22.9 Å². The van der Waals surface area contributed by atoms with Crippen LogP contribution < -0.4 is 9.64 Å². The van der Waals surface area contributed by atoms with Gasteiger partial charge in [0.05, 0.1) is 16.7 Å². The number of aromatic nitrogens is 1. The molecule has 0 radical (unpaired) electrons. The highest BCUT2D eigenvalue weighted by Gasteiger charge is 2.27. The fourth-order valence-corrected chi connectivity index (χ4v) is 5.72. The Labute approximate surface area is 183 Å². The standard InChI is InChI=1S/C20H20ClN3O4S2/c1-28-16-3-2-4-17-19(16)22-20(29-17)24-11-9-23(10-12-24)18(25)13-30(26,27)15-7-5-14(21)6-8-15/h2-8H,9-13H2,1H3. The number of methoxy groups -OCH3 is 1. The summed E-state index contributed by atoms with van der Waals surface area (Å²) in [5, 5.41) is 1.32. The molecule has 0 spiro atoms. The number of sulfone groups is 1. The summed E-state index contributed by atoms with van der Waals surface area (Å²) in [6.07, 6.45) is 0. The van der Waals surface area contributed by atoms with E-state index in [1.165, 1.54) is 24.3 Å². The number of halogens is 1. The van der Waals surface area contributed by atoms with Crippen molar-refractivity contribution in [2.75, 3.05) is 43.9 Å². The fourth-order valence-electron chi connectivity index (χ4n) is 3.34. The number of rotatable bonds is 5. The lowest BCUT2D eigenvalue weighted by Crippen LogP contribution is -2.50. The second-order valence-corrected chi connectivity index (χ2v) is 10.3. The van der Waals surface area contributed by atoms with Gasteiger partial charge in [-0.2, -0.15) is 0 Å². The molecular weight excluding hydrogens is 446 g/mol. The van der Waals surface area contributed by atoms with Gasteiger partial charge in [0, 0.05) is 31.2 Å². The Balaban J connectivity index is 1.40. The molecule has 0 bridgehead atoms. The molecule has 4 rings (SSSR count). The molecule has 0 atom stereocenters. The molecule has 1 aliphatic rings. The van der Waals surface area contributed by atoms with E-state index >= 15 is 0 Å². The number of hydrogen-bond acceptors (Lipinski definition) is 7. The Hall–Kier alpha value is -2.36. The Morgan fingerprint density at radius 3 is 2.50 bits per heavy atom. The van der Waals surface area contributed by atoms with Crippen LogP contribution in [0.1, 0.15) is 0 Å². The van der Waals surface area contributed by atoms with Crippen molar-refractivity contribution < 1.29 is 17.9 Å². The second-order valence-electron chi connectivity index (χ2n) is 6.88. The third-order valence-electron chi connectivity index (χ3n) is 4.98. The zero-order chi connectivity index (χ0) is 21.3. The molecule has 7 nitrogen and oxygen atoms in total. The number of thiazole rings is 1. The van der Waals surface area contributed by atoms with Crippen molar-refractivity contribution in [3.63, 3.8) is 0 Å². The molecule has 0 saturated carbocycles. The number of anilines is 1. The number of ether oxygens (including phenoxy) is 1. The molecule has 0 N–H and O–H groups in total. The topological polar surface area (TPSA) is 79.8 Å². The SMILES string of the molecule is COc1cccc2sc(N3CCN(C(=O)CS(=O)(=O)c4ccc(Cl)cc4)CC3)nc12. The van der Waals surface area contributed by atoms with Gasteiger partial charge in [-0.05, 0) is 36.4 Å². The van der Waals surface area contributed by atoms with Crippen molar-refractivity contribution >= 4 is 54.0 Å². The van der Waals surface area contributed by atoms with Gasteiger partial charge < -0.3 is 14.5 Å². The van der Waals surface area contributed by atoms with Gasteiger partial charge >= 0.3 is 0 Å². The van der Waals surface area contributed by atoms with Crippen LogP contribution in [0, 0.1) is 0 Å². The molecule has 1 aromatic heterocycles. The highest BCUT2D eigenvalue weighted by molar-refractivity contribution is 7.92. The van der Waals surface area contributed by atoms with Crippen LogP contribution in [0.5, 0.6) is 5.75 Å². The number of hydrogen-bond donors (Lipinski definition) is 0. The van der Waals surface area contributed by atoms with E-state index in [0.29, 0.717) is 31.2 Å². The van der Waals surface area contributed by atoms with Crippen LogP contribution in [0.15, 0.2) is 47.4 Å². The molecule has 2 heterocycles. The van der Waals surface area contributed by atoms with E-state index in [-0.39, 0.29) is 4.90 Å². The van der Waals surface area contributed by atoms with Crippen molar-refractivity contribution in [3.8, 4) is 5.75 Å². The third-order valence-corrected chi connectivity index (χ3v) is 7.93. The predicted molar refractivity (Wildman–Crippen MR) is 118 cm³/mol. The summed E-state index contributed by atoms with van der Waals surface area (Å²) < 4.78 is 31.5. The maximum Gasteiger partial charge on any atom is 0.238 e. The minimum absolute atomic E-state index is 0.0994. The lowest BCUT2D eigenvalue weighted by Gasteiger charge is -2.34. The monoisotopic (exact) mass is 465 g/mol. The Kier molecular flexibility index (Phi) is 5.86. The Morgan fingerprint density at radius 1 is 1.13 bits per heavy atom. The minimum atomic E-state index is -3.70. The maximum atomic E-state index is 12.6. The molecule has 0 aliphatic carbocycles.